The molecule has 1 spiro atoms. The van der Waals surface area contributed by atoms with Gasteiger partial charge in [0.15, 0.2) is 0 Å². The van der Waals surface area contributed by atoms with E-state index in [9.17, 15) is 0 Å². The van der Waals surface area contributed by atoms with Gasteiger partial charge in [0, 0.05) is 25.1 Å². The summed E-state index contributed by atoms with van der Waals surface area (Å²) in [6.45, 7) is 22.6. The summed E-state index contributed by atoms with van der Waals surface area (Å²) in [6, 6.07) is 15.0. The zero-order chi connectivity index (χ0) is 29.4. The van der Waals surface area contributed by atoms with Gasteiger partial charge in [0.25, 0.3) is 0 Å². The molecule has 1 aliphatic carbocycles. The summed E-state index contributed by atoms with van der Waals surface area (Å²) in [7, 11) is 11.5. The molecule has 2 N–H and O–H groups in total. The van der Waals surface area contributed by atoms with Crippen LogP contribution in [0.2, 0.25) is 0 Å². The molecule has 222 valence electrons. The van der Waals surface area contributed by atoms with Gasteiger partial charge in [-0.25, -0.2) is 6.54 Å². The van der Waals surface area contributed by atoms with E-state index >= 15 is 0 Å². The molecule has 0 unspecified atom stereocenters. The molecule has 1 saturated carbocycles. The van der Waals surface area contributed by atoms with Gasteiger partial charge in [-0.2, -0.15) is 0 Å². The number of aryl methyl sites for hydroxylation is 1. The summed E-state index contributed by atoms with van der Waals surface area (Å²) in [4.78, 5) is 2.68. The molecule has 0 aromatic heterocycles. The standard InChI is InChI=1S/C23H36N.C8H8.C3H8O.2ClH.Ru/c1-17(2)19-11-10-12-20(18(3)4)21(19)24-16-23(15-22(24,5)6)13-8-7-9-14-23;1-7-5-3-4-6-8(7)2;1-3(2)4;;;/h10-12,16-18H,7-9,13-15H2,1-6H3;1,3-6H,2H3;3-4H,1-2H3;2*1H;/q-1;;;;;+2/p-1. The second-order valence-corrected chi connectivity index (χ2v) is 18.5. The first-order valence-electron chi connectivity index (χ1n) is 14.6. The molecule has 2 aliphatic rings. The van der Waals surface area contributed by atoms with E-state index < -0.39 is 13.5 Å². The maximum atomic E-state index is 6.58. The Morgan fingerprint density at radius 3 is 1.85 bits per heavy atom. The van der Waals surface area contributed by atoms with E-state index in [0.717, 1.165) is 5.56 Å². The molecular formula is C34H53Cl2NORu. The zero-order valence-electron chi connectivity index (χ0n) is 25.7. The number of rotatable bonds is 4. The summed E-state index contributed by atoms with van der Waals surface area (Å²) in [5.74, 6) is 1.12. The molecule has 2 fully saturated rings. The van der Waals surface area contributed by atoms with E-state index in [4.69, 9.17) is 24.5 Å². The third-order valence-electron chi connectivity index (χ3n) is 7.65. The molecular weight excluding hydrogens is 610 g/mol. The normalized spacial score (nSPS) is 18.0. The third-order valence-corrected chi connectivity index (χ3v) is 9.48. The quantitative estimate of drug-likeness (QED) is 0.182. The summed E-state index contributed by atoms with van der Waals surface area (Å²) >= 11 is -1.64. The fraction of sp³-hybridized carbons (Fsp3) is 0.588. The summed E-state index contributed by atoms with van der Waals surface area (Å²) in [6.07, 6.45) is 8.40. The second kappa shape index (κ2) is 15.5. The molecule has 0 bridgehead atoms. The van der Waals surface area contributed by atoms with Crippen molar-refractivity contribution >= 4 is 29.7 Å². The van der Waals surface area contributed by atoms with E-state index in [0.29, 0.717) is 17.3 Å². The first kappa shape index (κ1) is 34.5. The average molecular weight is 664 g/mol. The maximum absolute atomic E-state index is 6.58. The van der Waals surface area contributed by atoms with Crippen molar-refractivity contribution in [3.63, 3.8) is 0 Å². The van der Waals surface area contributed by atoms with Gasteiger partial charge < -0.3 is 10.0 Å². The number of benzene rings is 2. The van der Waals surface area contributed by atoms with Gasteiger partial charge in [0.2, 0.25) is 0 Å². The molecule has 0 amide bonds. The van der Waals surface area contributed by atoms with Crippen LogP contribution in [0.3, 0.4) is 0 Å². The second-order valence-electron chi connectivity index (χ2n) is 12.8. The Morgan fingerprint density at radius 1 is 0.872 bits per heavy atom. The predicted molar refractivity (Wildman–Crippen MR) is 172 cm³/mol. The first-order valence-corrected chi connectivity index (χ1v) is 20.0. The number of nitrogens with zero attached hydrogens (tertiary/aromatic N) is 1. The Hall–Kier alpha value is -0.727. The Labute approximate surface area is 253 Å². The van der Waals surface area contributed by atoms with E-state index in [2.05, 4.69) is 84.2 Å². The number of hydrogen-bond acceptors (Lipinski definition) is 1. The van der Waals surface area contributed by atoms with Crippen molar-refractivity contribution in [2.75, 3.05) is 4.90 Å². The molecule has 5 heteroatoms. The van der Waals surface area contributed by atoms with Crippen molar-refractivity contribution in [1.29, 1.82) is 0 Å². The molecule has 0 atom stereocenters. The van der Waals surface area contributed by atoms with E-state index in [1.54, 1.807) is 0 Å². The Bertz CT molecular complexity index is 1040. The summed E-state index contributed by atoms with van der Waals surface area (Å²) in [5.41, 5.74) is 7.59. The third kappa shape index (κ3) is 10.2. The van der Waals surface area contributed by atoms with E-state index in [-0.39, 0.29) is 11.6 Å². The van der Waals surface area contributed by atoms with Crippen LogP contribution in [-0.2, 0) is 13.5 Å². The molecule has 2 nitrogen and oxygen atoms in total. The Kier molecular flexibility index (Phi) is 13.7. The summed E-state index contributed by atoms with van der Waals surface area (Å²) in [5, 5.41) is 6.58. The number of hydrogen-bond donors (Lipinski definition) is 0. The molecule has 0 radical (unpaired) electrons. The minimum absolute atomic E-state index is 0.0833. The van der Waals surface area contributed by atoms with Gasteiger partial charge in [-0.15, -0.1) is 5.41 Å². The van der Waals surface area contributed by atoms with Crippen LogP contribution in [0.25, 0.3) is 0 Å². The van der Waals surface area contributed by atoms with E-state index in [1.807, 2.05) is 36.7 Å². The molecule has 4 rings (SSSR count). The van der Waals surface area contributed by atoms with Crippen LogP contribution in [0.4, 0.5) is 5.69 Å². The van der Waals surface area contributed by atoms with E-state index in [1.165, 1.54) is 60.9 Å². The molecule has 2 aromatic carbocycles. The van der Waals surface area contributed by atoms with Gasteiger partial charge in [0.05, 0.1) is 0 Å². The average Bonchev–Trinajstić information content (AvgIpc) is 3.09. The Balaban J connectivity index is 0.000000295. The molecule has 2 aromatic rings. The van der Waals surface area contributed by atoms with Gasteiger partial charge >= 0.3 is 79.8 Å². The van der Waals surface area contributed by atoms with Crippen molar-refractivity contribution in [2.24, 2.45) is 5.41 Å². The van der Waals surface area contributed by atoms with Gasteiger partial charge in [-0.1, -0.05) is 84.4 Å². The van der Waals surface area contributed by atoms with Gasteiger partial charge in [-0.3, -0.25) is 0 Å². The first-order chi connectivity index (χ1) is 18.2. The van der Waals surface area contributed by atoms with Crippen LogP contribution >= 0.6 is 19.4 Å². The zero-order valence-corrected chi connectivity index (χ0v) is 29.0. The van der Waals surface area contributed by atoms with Gasteiger partial charge in [0.1, 0.15) is 6.10 Å². The molecule has 1 aliphatic heterocycles. The van der Waals surface area contributed by atoms with Crippen LogP contribution in [0.5, 0.6) is 0 Å². The number of halogens is 2. The van der Waals surface area contributed by atoms with Crippen molar-refractivity contribution in [3.05, 3.63) is 71.3 Å². The van der Waals surface area contributed by atoms with Crippen molar-refractivity contribution in [3.8, 4) is 0 Å². The SMILES string of the molecule is CC(C)[OH2+].CC(C)c1cccc(C(C)C)c1N1[CH-]C2(CCCCC2)CC1(C)C.Cc1ccccc1[CH]=[Ru]([Cl])[Cl]. The molecule has 39 heavy (non-hydrogen) atoms. The minimum atomic E-state index is -1.64. The fourth-order valence-electron chi connectivity index (χ4n) is 5.94. The Morgan fingerprint density at radius 2 is 1.38 bits per heavy atom. The topological polar surface area (TPSA) is 26.1 Å². The van der Waals surface area contributed by atoms with Crippen LogP contribution in [0.1, 0.15) is 128 Å². The van der Waals surface area contributed by atoms with Crippen LogP contribution in [0.15, 0.2) is 42.5 Å². The van der Waals surface area contributed by atoms with Crippen molar-refractivity contribution in [1.82, 2.24) is 0 Å². The number of anilines is 1. The number of para-hydroxylation sites is 1. The van der Waals surface area contributed by atoms with Crippen LogP contribution < -0.4 is 4.90 Å². The van der Waals surface area contributed by atoms with Crippen LogP contribution in [-0.4, -0.2) is 21.4 Å². The fourth-order valence-corrected chi connectivity index (χ4v) is 7.90. The monoisotopic (exact) mass is 663 g/mol. The van der Waals surface area contributed by atoms with Gasteiger partial charge in [-0.05, 0) is 36.8 Å². The van der Waals surface area contributed by atoms with Crippen molar-refractivity contribution in [2.45, 2.75) is 124 Å². The summed E-state index contributed by atoms with van der Waals surface area (Å²) < 4.78 is 1.96. The molecule has 1 saturated heterocycles. The predicted octanol–water partition coefficient (Wildman–Crippen LogP) is 10.2. The van der Waals surface area contributed by atoms with Crippen molar-refractivity contribution < 1.29 is 18.6 Å². The molecule has 1 heterocycles. The van der Waals surface area contributed by atoms with Crippen LogP contribution in [0, 0.1) is 18.9 Å².